The summed E-state index contributed by atoms with van der Waals surface area (Å²) in [7, 11) is 1.81. The zero-order chi connectivity index (χ0) is 12.3. The molecule has 0 amide bonds. The second-order valence-electron chi connectivity index (χ2n) is 3.73. The number of nitrogens with one attached hydrogen (secondary N) is 1. The fourth-order valence-electron chi connectivity index (χ4n) is 1.63. The molecule has 0 aliphatic carbocycles. The highest BCUT2D eigenvalue weighted by Gasteiger charge is 2.07. The lowest BCUT2D eigenvalue weighted by atomic mass is 10.1. The zero-order valence-corrected chi connectivity index (χ0v) is 10.2. The minimum absolute atomic E-state index is 0.498. The number of hydrogen-bond donors (Lipinski definition) is 2. The summed E-state index contributed by atoms with van der Waals surface area (Å²) < 4.78 is 1.63. The van der Waals surface area contributed by atoms with E-state index in [-0.39, 0.29) is 0 Å². The Labute approximate surface area is 105 Å². The number of benzene rings is 1. The van der Waals surface area contributed by atoms with E-state index in [0.29, 0.717) is 11.7 Å². The fourth-order valence-corrected chi connectivity index (χ4v) is 1.82. The van der Waals surface area contributed by atoms with Gasteiger partial charge in [-0.25, -0.2) is 4.68 Å². The Bertz CT molecular complexity index is 481. The molecule has 1 aromatic heterocycles. The molecule has 0 spiro atoms. The quantitative estimate of drug-likeness (QED) is 0.871. The molecule has 2 aromatic rings. The number of aliphatic hydroxyl groups excluding tert-OH is 1. The highest BCUT2D eigenvalue weighted by atomic mass is 35.5. The molecular formula is C12H14ClN3O. The molecule has 2 N–H and O–H groups in total. The number of hydrogen-bond acceptors (Lipinski definition) is 3. The molecule has 5 heteroatoms. The van der Waals surface area contributed by atoms with Crippen LogP contribution in [-0.4, -0.2) is 28.5 Å². The molecule has 0 aliphatic rings. The van der Waals surface area contributed by atoms with Crippen molar-refractivity contribution in [3.8, 4) is 5.69 Å². The Morgan fingerprint density at radius 1 is 1.35 bits per heavy atom. The Morgan fingerprint density at radius 2 is 2.06 bits per heavy atom. The zero-order valence-electron chi connectivity index (χ0n) is 9.47. The maximum atomic E-state index is 9.79. The average molecular weight is 252 g/mol. The molecule has 0 saturated carbocycles. The van der Waals surface area contributed by atoms with Gasteiger partial charge in [-0.1, -0.05) is 23.7 Å². The van der Waals surface area contributed by atoms with Crippen LogP contribution in [0.5, 0.6) is 0 Å². The van der Waals surface area contributed by atoms with Crippen molar-refractivity contribution in [1.82, 2.24) is 15.1 Å². The molecule has 90 valence electrons. The number of likely N-dealkylation sites (N-methyl/N-ethyl adjacent to an activating group) is 1. The van der Waals surface area contributed by atoms with Crippen molar-refractivity contribution in [1.29, 1.82) is 0 Å². The summed E-state index contributed by atoms with van der Waals surface area (Å²) >= 11 is 5.97. The van der Waals surface area contributed by atoms with Gasteiger partial charge in [0, 0.05) is 6.54 Å². The smallest absolute Gasteiger partial charge is 0.132 e. The molecule has 17 heavy (non-hydrogen) atoms. The lowest BCUT2D eigenvalue weighted by Gasteiger charge is -2.11. The van der Waals surface area contributed by atoms with Crippen LogP contribution in [-0.2, 0) is 0 Å². The standard InChI is InChI=1S/C12H14ClN3O/c1-14-8-11(17)9-2-4-10(5-3-9)16-12(13)6-7-15-16/h2-7,11,14,17H,8H2,1H3. The Hall–Kier alpha value is -1.36. The van der Waals surface area contributed by atoms with Gasteiger partial charge in [0.1, 0.15) is 5.15 Å². The van der Waals surface area contributed by atoms with Crippen molar-refractivity contribution in [2.75, 3.05) is 13.6 Å². The first-order valence-corrected chi connectivity index (χ1v) is 5.72. The Kier molecular flexibility index (Phi) is 3.78. The van der Waals surface area contributed by atoms with Crippen molar-refractivity contribution in [3.05, 3.63) is 47.2 Å². The van der Waals surface area contributed by atoms with Crippen LogP contribution in [0.3, 0.4) is 0 Å². The largest absolute Gasteiger partial charge is 0.387 e. The highest BCUT2D eigenvalue weighted by molar-refractivity contribution is 6.29. The molecule has 0 aliphatic heterocycles. The summed E-state index contributed by atoms with van der Waals surface area (Å²) in [5.74, 6) is 0. The molecule has 0 fully saturated rings. The number of aromatic nitrogens is 2. The van der Waals surface area contributed by atoms with E-state index >= 15 is 0 Å². The van der Waals surface area contributed by atoms with Crippen molar-refractivity contribution >= 4 is 11.6 Å². The average Bonchev–Trinajstić information content (AvgIpc) is 2.76. The van der Waals surface area contributed by atoms with Crippen molar-refractivity contribution in [2.45, 2.75) is 6.10 Å². The van der Waals surface area contributed by atoms with Crippen LogP contribution in [0.4, 0.5) is 0 Å². The van der Waals surface area contributed by atoms with Gasteiger partial charge >= 0.3 is 0 Å². The molecule has 1 unspecified atom stereocenters. The Morgan fingerprint density at radius 3 is 2.59 bits per heavy atom. The molecule has 1 atom stereocenters. The second-order valence-corrected chi connectivity index (χ2v) is 4.12. The lowest BCUT2D eigenvalue weighted by molar-refractivity contribution is 0.178. The van der Waals surface area contributed by atoms with Crippen LogP contribution in [0.25, 0.3) is 5.69 Å². The third kappa shape index (κ3) is 2.66. The number of halogens is 1. The Balaban J connectivity index is 2.21. The van der Waals surface area contributed by atoms with Crippen molar-refractivity contribution in [2.24, 2.45) is 0 Å². The highest BCUT2D eigenvalue weighted by Crippen LogP contribution is 2.18. The summed E-state index contributed by atoms with van der Waals surface area (Å²) in [4.78, 5) is 0. The summed E-state index contributed by atoms with van der Waals surface area (Å²) in [6, 6.07) is 9.23. The van der Waals surface area contributed by atoms with Gasteiger partial charge in [0.2, 0.25) is 0 Å². The number of nitrogens with zero attached hydrogens (tertiary/aromatic N) is 2. The van der Waals surface area contributed by atoms with Gasteiger partial charge in [0.25, 0.3) is 0 Å². The van der Waals surface area contributed by atoms with Crippen molar-refractivity contribution in [3.63, 3.8) is 0 Å². The minimum Gasteiger partial charge on any atom is -0.387 e. The fraction of sp³-hybridized carbons (Fsp3) is 0.250. The second kappa shape index (κ2) is 5.31. The normalized spacial score (nSPS) is 12.6. The molecule has 1 heterocycles. The third-order valence-electron chi connectivity index (χ3n) is 2.52. The number of aliphatic hydroxyl groups is 1. The van der Waals surface area contributed by atoms with Gasteiger partial charge in [-0.15, -0.1) is 0 Å². The lowest BCUT2D eigenvalue weighted by Crippen LogP contribution is -2.16. The SMILES string of the molecule is CNCC(O)c1ccc(-n2nccc2Cl)cc1. The number of rotatable bonds is 4. The van der Waals surface area contributed by atoms with E-state index in [0.717, 1.165) is 11.3 Å². The van der Waals surface area contributed by atoms with Gasteiger partial charge in [-0.3, -0.25) is 0 Å². The minimum atomic E-state index is -0.498. The monoisotopic (exact) mass is 251 g/mol. The summed E-state index contributed by atoms with van der Waals surface area (Å²) in [5.41, 5.74) is 1.74. The van der Waals surface area contributed by atoms with Gasteiger partial charge in [0.05, 0.1) is 18.0 Å². The molecule has 0 bridgehead atoms. The molecule has 4 nitrogen and oxygen atoms in total. The topological polar surface area (TPSA) is 50.1 Å². The predicted molar refractivity (Wildman–Crippen MR) is 67.5 cm³/mol. The van der Waals surface area contributed by atoms with E-state index < -0.39 is 6.10 Å². The van der Waals surface area contributed by atoms with E-state index in [9.17, 15) is 5.11 Å². The van der Waals surface area contributed by atoms with Crippen LogP contribution < -0.4 is 5.32 Å². The van der Waals surface area contributed by atoms with Crippen LogP contribution in [0.2, 0.25) is 5.15 Å². The maximum absolute atomic E-state index is 9.79. The van der Waals surface area contributed by atoms with Crippen LogP contribution in [0.15, 0.2) is 36.5 Å². The van der Waals surface area contributed by atoms with E-state index in [1.165, 1.54) is 0 Å². The van der Waals surface area contributed by atoms with Gasteiger partial charge in [-0.2, -0.15) is 5.10 Å². The molecule has 1 aromatic carbocycles. The third-order valence-corrected chi connectivity index (χ3v) is 2.80. The predicted octanol–water partition coefficient (Wildman–Crippen LogP) is 1.78. The molecule has 0 saturated heterocycles. The molecular weight excluding hydrogens is 238 g/mol. The molecule has 2 rings (SSSR count). The van der Waals surface area contributed by atoms with Crippen LogP contribution in [0, 0.1) is 0 Å². The van der Waals surface area contributed by atoms with Crippen molar-refractivity contribution < 1.29 is 5.11 Å². The summed E-state index contributed by atoms with van der Waals surface area (Å²) in [6.45, 7) is 0.530. The summed E-state index contributed by atoms with van der Waals surface area (Å²) in [6.07, 6.45) is 1.15. The van der Waals surface area contributed by atoms with Crippen LogP contribution in [0.1, 0.15) is 11.7 Å². The van der Waals surface area contributed by atoms with Gasteiger partial charge in [-0.05, 0) is 30.8 Å². The van der Waals surface area contributed by atoms with E-state index in [1.54, 1.807) is 24.0 Å². The van der Waals surface area contributed by atoms with Gasteiger partial charge < -0.3 is 10.4 Å². The summed E-state index contributed by atoms with van der Waals surface area (Å²) in [5, 5.41) is 17.4. The van der Waals surface area contributed by atoms with E-state index in [2.05, 4.69) is 10.4 Å². The first-order valence-electron chi connectivity index (χ1n) is 5.35. The van der Waals surface area contributed by atoms with Gasteiger partial charge in [0.15, 0.2) is 0 Å². The maximum Gasteiger partial charge on any atom is 0.132 e. The van der Waals surface area contributed by atoms with E-state index in [4.69, 9.17) is 11.6 Å². The first-order chi connectivity index (χ1) is 8.22. The van der Waals surface area contributed by atoms with E-state index in [1.807, 2.05) is 24.3 Å². The molecule has 0 radical (unpaired) electrons. The van der Waals surface area contributed by atoms with Crippen LogP contribution >= 0.6 is 11.6 Å². The first kappa shape index (κ1) is 12.1.